The average molecular weight is 187 g/mol. The Hall–Kier alpha value is -1.24. The van der Waals surface area contributed by atoms with Gasteiger partial charge in [-0.25, -0.2) is 0 Å². The molecule has 0 aliphatic heterocycles. The Bertz CT molecular complexity index is 342. The number of hydrogen-bond donors (Lipinski definition) is 1. The van der Waals surface area contributed by atoms with E-state index in [1.165, 1.54) is 11.1 Å². The summed E-state index contributed by atoms with van der Waals surface area (Å²) in [6.07, 6.45) is 14.2. The molecule has 1 nitrogen and oxygen atoms in total. The fourth-order valence-corrected chi connectivity index (χ4v) is 2.10. The maximum atomic E-state index is 5.98. The van der Waals surface area contributed by atoms with Gasteiger partial charge in [0.15, 0.2) is 0 Å². The van der Waals surface area contributed by atoms with Crippen LogP contribution in [-0.4, -0.2) is 0 Å². The van der Waals surface area contributed by atoms with Crippen molar-refractivity contribution in [3.05, 3.63) is 47.2 Å². The quantitative estimate of drug-likeness (QED) is 0.670. The summed E-state index contributed by atoms with van der Waals surface area (Å²) in [6.45, 7) is 2.25. The van der Waals surface area contributed by atoms with Gasteiger partial charge in [0, 0.05) is 5.70 Å². The highest BCUT2D eigenvalue weighted by Gasteiger charge is 2.14. The van der Waals surface area contributed by atoms with Crippen molar-refractivity contribution in [3.8, 4) is 0 Å². The molecule has 0 radical (unpaired) electrons. The smallest absolute Gasteiger partial charge is 0.0346 e. The first-order valence-electron chi connectivity index (χ1n) is 5.30. The molecule has 2 aliphatic carbocycles. The van der Waals surface area contributed by atoms with E-state index in [1.54, 1.807) is 0 Å². The van der Waals surface area contributed by atoms with E-state index in [9.17, 15) is 0 Å². The van der Waals surface area contributed by atoms with Crippen molar-refractivity contribution >= 4 is 0 Å². The highest BCUT2D eigenvalue weighted by Crippen LogP contribution is 2.30. The third-order valence-corrected chi connectivity index (χ3v) is 2.87. The van der Waals surface area contributed by atoms with Crippen LogP contribution >= 0.6 is 0 Å². The Morgan fingerprint density at radius 2 is 2.29 bits per heavy atom. The van der Waals surface area contributed by atoms with E-state index in [0.29, 0.717) is 5.92 Å². The summed E-state index contributed by atoms with van der Waals surface area (Å²) >= 11 is 0. The zero-order valence-corrected chi connectivity index (χ0v) is 8.66. The van der Waals surface area contributed by atoms with Gasteiger partial charge in [0.25, 0.3) is 0 Å². The summed E-state index contributed by atoms with van der Waals surface area (Å²) < 4.78 is 0. The average Bonchev–Trinajstić information content (AvgIpc) is 2.18. The maximum absolute atomic E-state index is 5.98. The lowest BCUT2D eigenvalue weighted by molar-refractivity contribution is 0.702. The molecule has 74 valence electrons. The molecule has 14 heavy (non-hydrogen) atoms. The molecule has 0 saturated heterocycles. The van der Waals surface area contributed by atoms with E-state index >= 15 is 0 Å². The van der Waals surface area contributed by atoms with Gasteiger partial charge in [-0.3, -0.25) is 0 Å². The van der Waals surface area contributed by atoms with Gasteiger partial charge in [0.1, 0.15) is 0 Å². The molecule has 0 amide bonds. The zero-order valence-electron chi connectivity index (χ0n) is 8.66. The van der Waals surface area contributed by atoms with E-state index < -0.39 is 0 Å². The third-order valence-electron chi connectivity index (χ3n) is 2.87. The largest absolute Gasteiger partial charge is 0.399 e. The van der Waals surface area contributed by atoms with Crippen LogP contribution in [-0.2, 0) is 0 Å². The first-order valence-corrected chi connectivity index (χ1v) is 5.30. The molecule has 1 unspecified atom stereocenters. The lowest BCUT2D eigenvalue weighted by Gasteiger charge is -2.20. The van der Waals surface area contributed by atoms with Crippen LogP contribution in [0.15, 0.2) is 47.2 Å². The molecule has 0 aromatic carbocycles. The van der Waals surface area contributed by atoms with Crippen molar-refractivity contribution in [1.82, 2.24) is 0 Å². The van der Waals surface area contributed by atoms with E-state index in [0.717, 1.165) is 25.0 Å². The minimum absolute atomic E-state index is 0.654. The van der Waals surface area contributed by atoms with Crippen LogP contribution in [0.2, 0.25) is 0 Å². The second-order valence-electron chi connectivity index (χ2n) is 4.13. The molecule has 0 fully saturated rings. The first kappa shape index (κ1) is 9.32. The molecule has 2 aliphatic rings. The van der Waals surface area contributed by atoms with Crippen LogP contribution in [0.25, 0.3) is 0 Å². The molecule has 0 spiro atoms. The molecule has 0 aromatic rings. The number of nitrogens with two attached hydrogens (primary N) is 1. The van der Waals surface area contributed by atoms with Gasteiger partial charge in [0.05, 0.1) is 0 Å². The SMILES string of the molecule is CC1C=CC=C(C2=C(N)C=CCC2)C1. The normalized spacial score (nSPS) is 26.6. The van der Waals surface area contributed by atoms with E-state index in [1.807, 2.05) is 6.08 Å². The molecule has 1 heteroatoms. The number of rotatable bonds is 1. The highest BCUT2D eigenvalue weighted by molar-refractivity contribution is 5.44. The molecule has 1 atom stereocenters. The Morgan fingerprint density at radius 1 is 1.43 bits per heavy atom. The highest BCUT2D eigenvalue weighted by atomic mass is 14.6. The van der Waals surface area contributed by atoms with Crippen LogP contribution in [0, 0.1) is 5.92 Å². The van der Waals surface area contributed by atoms with Crippen LogP contribution in [0.5, 0.6) is 0 Å². The molecule has 0 saturated carbocycles. The van der Waals surface area contributed by atoms with Crippen molar-refractivity contribution in [3.63, 3.8) is 0 Å². The van der Waals surface area contributed by atoms with Gasteiger partial charge in [0.2, 0.25) is 0 Å². The van der Waals surface area contributed by atoms with Crippen molar-refractivity contribution in [2.45, 2.75) is 26.2 Å². The van der Waals surface area contributed by atoms with Gasteiger partial charge in [-0.1, -0.05) is 31.2 Å². The maximum Gasteiger partial charge on any atom is 0.0346 e. The number of hydrogen-bond acceptors (Lipinski definition) is 1. The molecule has 2 N–H and O–H groups in total. The summed E-state index contributed by atoms with van der Waals surface area (Å²) in [7, 11) is 0. The Kier molecular flexibility index (Phi) is 2.58. The molecular formula is C13H17N. The van der Waals surface area contributed by atoms with Crippen LogP contribution in [0.3, 0.4) is 0 Å². The summed E-state index contributed by atoms with van der Waals surface area (Å²) in [4.78, 5) is 0. The zero-order chi connectivity index (χ0) is 9.97. The van der Waals surface area contributed by atoms with Gasteiger partial charge in [-0.2, -0.15) is 0 Å². The third kappa shape index (κ3) is 1.82. The molecular weight excluding hydrogens is 170 g/mol. The second kappa shape index (κ2) is 3.87. The summed E-state index contributed by atoms with van der Waals surface area (Å²) in [6, 6.07) is 0. The van der Waals surface area contributed by atoms with E-state index in [2.05, 4.69) is 31.2 Å². The fourth-order valence-electron chi connectivity index (χ4n) is 2.10. The van der Waals surface area contributed by atoms with Gasteiger partial charge >= 0.3 is 0 Å². The van der Waals surface area contributed by atoms with E-state index in [-0.39, 0.29) is 0 Å². The first-order chi connectivity index (χ1) is 6.77. The molecule has 0 aromatic heterocycles. The Morgan fingerprint density at radius 3 is 3.00 bits per heavy atom. The van der Waals surface area contributed by atoms with Crippen molar-refractivity contribution in [1.29, 1.82) is 0 Å². The topological polar surface area (TPSA) is 26.0 Å². The molecule has 0 bridgehead atoms. The second-order valence-corrected chi connectivity index (χ2v) is 4.13. The van der Waals surface area contributed by atoms with Crippen molar-refractivity contribution in [2.24, 2.45) is 11.7 Å². The monoisotopic (exact) mass is 187 g/mol. The molecule has 2 rings (SSSR count). The van der Waals surface area contributed by atoms with Crippen molar-refractivity contribution < 1.29 is 0 Å². The minimum Gasteiger partial charge on any atom is -0.399 e. The van der Waals surface area contributed by atoms with Gasteiger partial charge in [-0.15, -0.1) is 0 Å². The predicted octanol–water partition coefficient (Wildman–Crippen LogP) is 3.07. The van der Waals surface area contributed by atoms with Gasteiger partial charge < -0.3 is 5.73 Å². The standard InChI is InChI=1S/C13H17N/c1-10-5-4-6-11(9-10)12-7-2-3-8-13(12)14/h3-6,8,10H,2,7,9,14H2,1H3. The fraction of sp³-hybridized carbons (Fsp3) is 0.385. The van der Waals surface area contributed by atoms with Crippen LogP contribution in [0.1, 0.15) is 26.2 Å². The van der Waals surface area contributed by atoms with Gasteiger partial charge in [-0.05, 0) is 42.4 Å². The van der Waals surface area contributed by atoms with Crippen LogP contribution < -0.4 is 5.73 Å². The van der Waals surface area contributed by atoms with Crippen LogP contribution in [0.4, 0.5) is 0 Å². The summed E-state index contributed by atoms with van der Waals surface area (Å²) in [5.74, 6) is 0.654. The van der Waals surface area contributed by atoms with Crippen molar-refractivity contribution in [2.75, 3.05) is 0 Å². The lowest BCUT2D eigenvalue weighted by Crippen LogP contribution is -2.08. The Balaban J connectivity index is 2.26. The Labute approximate surface area is 85.7 Å². The number of allylic oxidation sites excluding steroid dienone is 7. The minimum atomic E-state index is 0.654. The predicted molar refractivity (Wildman–Crippen MR) is 60.6 cm³/mol. The lowest BCUT2D eigenvalue weighted by atomic mass is 9.86. The summed E-state index contributed by atoms with van der Waals surface area (Å²) in [5.41, 5.74) is 9.74. The summed E-state index contributed by atoms with van der Waals surface area (Å²) in [5, 5.41) is 0. The molecule has 0 heterocycles. The van der Waals surface area contributed by atoms with E-state index in [4.69, 9.17) is 5.73 Å².